The van der Waals surface area contributed by atoms with E-state index in [0.717, 1.165) is 16.7 Å². The van der Waals surface area contributed by atoms with Crippen LogP contribution in [0.25, 0.3) is 6.08 Å². The molecule has 0 saturated carbocycles. The number of aromatic nitrogens is 1. The number of halogens is 1. The van der Waals surface area contributed by atoms with Gasteiger partial charge in [-0.2, -0.15) is 0 Å². The molecule has 1 aromatic heterocycles. The van der Waals surface area contributed by atoms with Gasteiger partial charge in [-0.3, -0.25) is 9.36 Å². The molecule has 0 spiro atoms. The molecule has 0 unspecified atom stereocenters. The molecule has 4 aromatic rings. The zero-order chi connectivity index (χ0) is 28.2. The summed E-state index contributed by atoms with van der Waals surface area (Å²) in [5.74, 6) is 0.638. The predicted octanol–water partition coefficient (Wildman–Crippen LogP) is 5.04. The number of esters is 1. The number of hydrogen-bond donors (Lipinski definition) is 0. The van der Waals surface area contributed by atoms with Crippen molar-refractivity contribution in [2.45, 2.75) is 26.5 Å². The molecular weight excluding hydrogens is 548 g/mol. The van der Waals surface area contributed by atoms with E-state index >= 15 is 0 Å². The van der Waals surface area contributed by atoms with Gasteiger partial charge in [0.2, 0.25) is 0 Å². The van der Waals surface area contributed by atoms with Crippen molar-refractivity contribution in [2.24, 2.45) is 4.99 Å². The summed E-state index contributed by atoms with van der Waals surface area (Å²) in [5, 5.41) is 0.665. The molecule has 0 fully saturated rings. The minimum Gasteiger partial charge on any atom is -0.493 e. The number of hydrogen-bond acceptors (Lipinski definition) is 7. The Kier molecular flexibility index (Phi) is 8.19. The lowest BCUT2D eigenvalue weighted by molar-refractivity contribution is -0.139. The van der Waals surface area contributed by atoms with Gasteiger partial charge in [-0.05, 0) is 60.9 Å². The molecule has 0 saturated heterocycles. The first-order chi connectivity index (χ1) is 19.4. The largest absolute Gasteiger partial charge is 0.493 e. The van der Waals surface area contributed by atoms with Gasteiger partial charge in [0.15, 0.2) is 16.3 Å². The van der Waals surface area contributed by atoms with E-state index in [0.29, 0.717) is 43.7 Å². The second-order valence-corrected chi connectivity index (χ2v) is 10.5. The van der Waals surface area contributed by atoms with Crippen LogP contribution in [0.15, 0.2) is 93.9 Å². The van der Waals surface area contributed by atoms with Crippen molar-refractivity contribution in [3.63, 3.8) is 0 Å². The van der Waals surface area contributed by atoms with Crippen molar-refractivity contribution in [3.8, 4) is 11.5 Å². The van der Waals surface area contributed by atoms with E-state index in [9.17, 15) is 9.59 Å². The van der Waals surface area contributed by atoms with Crippen LogP contribution < -0.4 is 24.4 Å². The monoisotopic (exact) mass is 574 g/mol. The molecule has 0 N–H and O–H groups in total. The number of fused-ring (bicyclic) bond motifs is 1. The van der Waals surface area contributed by atoms with Crippen LogP contribution >= 0.6 is 22.9 Å². The summed E-state index contributed by atoms with van der Waals surface area (Å²) in [6.07, 6.45) is 1.79. The van der Waals surface area contributed by atoms with Crippen LogP contribution in [0.4, 0.5) is 0 Å². The minimum atomic E-state index is -0.642. The lowest BCUT2D eigenvalue weighted by Gasteiger charge is -2.24. The molecule has 0 aliphatic carbocycles. The highest BCUT2D eigenvalue weighted by atomic mass is 35.5. The molecule has 0 amide bonds. The van der Waals surface area contributed by atoms with Crippen LogP contribution in [0.1, 0.15) is 36.6 Å². The molecule has 5 rings (SSSR count). The number of benzene rings is 3. The Labute approximate surface area is 240 Å². The van der Waals surface area contributed by atoms with Crippen molar-refractivity contribution in [1.29, 1.82) is 0 Å². The third-order valence-corrected chi connectivity index (χ3v) is 7.66. The Balaban J connectivity index is 1.52. The van der Waals surface area contributed by atoms with E-state index < -0.39 is 12.0 Å². The molecule has 0 radical (unpaired) electrons. The third-order valence-electron chi connectivity index (χ3n) is 6.43. The van der Waals surface area contributed by atoms with E-state index in [2.05, 4.69) is 4.99 Å². The predicted molar refractivity (Wildman–Crippen MR) is 156 cm³/mol. The minimum absolute atomic E-state index is 0.225. The maximum atomic E-state index is 13.8. The molecule has 204 valence electrons. The van der Waals surface area contributed by atoms with Gasteiger partial charge in [0, 0.05) is 5.02 Å². The van der Waals surface area contributed by atoms with Crippen LogP contribution in [0.3, 0.4) is 0 Å². The van der Waals surface area contributed by atoms with Crippen LogP contribution in [-0.4, -0.2) is 24.3 Å². The van der Waals surface area contributed by atoms with Crippen molar-refractivity contribution in [2.75, 3.05) is 13.7 Å². The Morgan fingerprint density at radius 3 is 2.52 bits per heavy atom. The highest BCUT2D eigenvalue weighted by molar-refractivity contribution is 7.07. The molecular formula is C31H27ClN2O5S. The summed E-state index contributed by atoms with van der Waals surface area (Å²) in [6, 6.07) is 21.7. The molecule has 7 nitrogen and oxygen atoms in total. The smallest absolute Gasteiger partial charge is 0.338 e. The first kappa shape index (κ1) is 27.4. The fraction of sp³-hybridized carbons (Fsp3) is 0.194. The number of nitrogens with zero attached hydrogens (tertiary/aromatic N) is 2. The van der Waals surface area contributed by atoms with Gasteiger partial charge in [-0.25, -0.2) is 9.79 Å². The maximum Gasteiger partial charge on any atom is 0.338 e. The quantitative estimate of drug-likeness (QED) is 0.276. The van der Waals surface area contributed by atoms with E-state index in [1.54, 1.807) is 31.6 Å². The summed E-state index contributed by atoms with van der Waals surface area (Å²) in [4.78, 5) is 31.9. The summed E-state index contributed by atoms with van der Waals surface area (Å²) < 4.78 is 18.9. The molecule has 2 heterocycles. The zero-order valence-corrected chi connectivity index (χ0v) is 23.8. The van der Waals surface area contributed by atoms with E-state index in [1.165, 1.54) is 11.3 Å². The number of thiazole rings is 1. The fourth-order valence-corrected chi connectivity index (χ4v) is 5.70. The number of allylic oxidation sites excluding steroid dienone is 1. The normalized spacial score (nSPS) is 14.9. The van der Waals surface area contributed by atoms with Crippen molar-refractivity contribution in [3.05, 3.63) is 125 Å². The number of rotatable bonds is 8. The van der Waals surface area contributed by atoms with Gasteiger partial charge in [0.05, 0.1) is 35.6 Å². The van der Waals surface area contributed by atoms with E-state index in [1.807, 2.05) is 72.8 Å². The SMILES string of the molecule is CCOC(=O)C1=C(C)N=c2s/c(=C/c3ccc(OCc4ccc(Cl)cc4)c(OC)c3)c(=O)n2[C@@H]1c1ccccc1. The first-order valence-electron chi connectivity index (χ1n) is 12.7. The van der Waals surface area contributed by atoms with Gasteiger partial charge < -0.3 is 14.2 Å². The molecule has 40 heavy (non-hydrogen) atoms. The number of ether oxygens (including phenoxy) is 3. The number of carbonyl (C=O) groups is 1. The standard InChI is InChI=1S/C31H27ClN2O5S/c1-4-38-30(36)27-19(2)33-31-34(28(27)22-8-6-5-7-9-22)29(35)26(40-31)17-21-12-15-24(25(16-21)37-3)39-18-20-10-13-23(32)14-11-20/h5-17,28H,4,18H2,1-3H3/b26-17+/t28-/m1/s1. The van der Waals surface area contributed by atoms with Crippen LogP contribution in [-0.2, 0) is 16.1 Å². The Morgan fingerprint density at radius 2 is 1.82 bits per heavy atom. The summed E-state index contributed by atoms with van der Waals surface area (Å²) in [5.41, 5.74) is 3.19. The highest BCUT2D eigenvalue weighted by Crippen LogP contribution is 2.31. The van der Waals surface area contributed by atoms with E-state index in [-0.39, 0.29) is 12.2 Å². The molecule has 1 aliphatic rings. The Hall–Kier alpha value is -4.14. The highest BCUT2D eigenvalue weighted by Gasteiger charge is 2.33. The maximum absolute atomic E-state index is 13.8. The fourth-order valence-electron chi connectivity index (χ4n) is 4.53. The zero-order valence-electron chi connectivity index (χ0n) is 22.2. The van der Waals surface area contributed by atoms with Crippen molar-refractivity contribution < 1.29 is 19.0 Å². The Morgan fingerprint density at radius 1 is 1.07 bits per heavy atom. The number of methoxy groups -OCH3 is 1. The van der Waals surface area contributed by atoms with E-state index in [4.69, 9.17) is 25.8 Å². The Bertz CT molecular complexity index is 1760. The first-order valence-corrected chi connectivity index (χ1v) is 13.9. The molecule has 1 aliphatic heterocycles. The average molecular weight is 575 g/mol. The van der Waals surface area contributed by atoms with Gasteiger partial charge in [-0.1, -0.05) is 71.5 Å². The van der Waals surface area contributed by atoms with Crippen LogP contribution in [0, 0.1) is 0 Å². The molecule has 9 heteroatoms. The van der Waals surface area contributed by atoms with Crippen molar-refractivity contribution in [1.82, 2.24) is 4.57 Å². The lowest BCUT2D eigenvalue weighted by Crippen LogP contribution is -2.39. The van der Waals surface area contributed by atoms with Crippen LogP contribution in [0.2, 0.25) is 5.02 Å². The second kappa shape index (κ2) is 11.9. The molecule has 0 bridgehead atoms. The lowest BCUT2D eigenvalue weighted by atomic mass is 9.96. The second-order valence-electron chi connectivity index (χ2n) is 9.04. The third kappa shape index (κ3) is 5.59. The van der Waals surface area contributed by atoms with Gasteiger partial charge in [0.25, 0.3) is 5.56 Å². The topological polar surface area (TPSA) is 79.1 Å². The van der Waals surface area contributed by atoms with Gasteiger partial charge >= 0.3 is 5.97 Å². The summed E-state index contributed by atoms with van der Waals surface area (Å²) in [6.45, 7) is 4.10. The number of carbonyl (C=O) groups excluding carboxylic acids is 1. The van der Waals surface area contributed by atoms with Crippen molar-refractivity contribution >= 4 is 35.0 Å². The average Bonchev–Trinajstić information content (AvgIpc) is 3.26. The van der Waals surface area contributed by atoms with Gasteiger partial charge in [0.1, 0.15) is 6.61 Å². The molecule has 1 atom stereocenters. The summed E-state index contributed by atoms with van der Waals surface area (Å²) >= 11 is 7.24. The van der Waals surface area contributed by atoms with Gasteiger partial charge in [-0.15, -0.1) is 0 Å². The van der Waals surface area contributed by atoms with Crippen LogP contribution in [0.5, 0.6) is 11.5 Å². The summed E-state index contributed by atoms with van der Waals surface area (Å²) in [7, 11) is 1.57. The molecule has 3 aromatic carbocycles.